The van der Waals surface area contributed by atoms with E-state index in [2.05, 4.69) is 31.4 Å². The second-order valence-corrected chi connectivity index (χ2v) is 6.59. The van der Waals surface area contributed by atoms with E-state index in [1.165, 1.54) is 0 Å². The van der Waals surface area contributed by atoms with E-state index in [0.717, 1.165) is 5.56 Å². The molecular formula is C17H19N7O. The molecule has 0 aliphatic rings. The second kappa shape index (κ2) is 6.02. The first-order valence-corrected chi connectivity index (χ1v) is 7.87. The van der Waals surface area contributed by atoms with Gasteiger partial charge in [-0.05, 0) is 20.8 Å². The SMILES string of the molecule is C[C@H](NC(=O)c1c[nH]c2ncc(-c3cnn(C)c3)nc12)C(C)(C)C#N. The Labute approximate surface area is 144 Å². The van der Waals surface area contributed by atoms with Gasteiger partial charge in [0.15, 0.2) is 5.65 Å². The Morgan fingerprint density at radius 1 is 1.44 bits per heavy atom. The highest BCUT2D eigenvalue weighted by Gasteiger charge is 2.28. The molecular weight excluding hydrogens is 318 g/mol. The van der Waals surface area contributed by atoms with Crippen LogP contribution >= 0.6 is 0 Å². The van der Waals surface area contributed by atoms with Gasteiger partial charge >= 0.3 is 0 Å². The Morgan fingerprint density at radius 2 is 2.20 bits per heavy atom. The van der Waals surface area contributed by atoms with Gasteiger partial charge in [0.2, 0.25) is 0 Å². The molecule has 0 unspecified atom stereocenters. The molecule has 2 N–H and O–H groups in total. The van der Waals surface area contributed by atoms with Gasteiger partial charge in [0.1, 0.15) is 5.52 Å². The van der Waals surface area contributed by atoms with E-state index in [1.807, 2.05) is 20.2 Å². The molecule has 3 heterocycles. The maximum absolute atomic E-state index is 12.6. The number of hydrogen-bond acceptors (Lipinski definition) is 5. The fraction of sp³-hybridized carbons (Fsp3) is 0.353. The van der Waals surface area contributed by atoms with Gasteiger partial charge in [0.05, 0.1) is 35.1 Å². The number of nitrogens with one attached hydrogen (secondary N) is 2. The van der Waals surface area contributed by atoms with Crippen LogP contribution in [0.3, 0.4) is 0 Å². The van der Waals surface area contributed by atoms with Gasteiger partial charge < -0.3 is 10.3 Å². The number of carbonyl (C=O) groups is 1. The van der Waals surface area contributed by atoms with Gasteiger partial charge in [-0.2, -0.15) is 10.4 Å². The molecule has 0 aliphatic heterocycles. The fourth-order valence-corrected chi connectivity index (χ4v) is 2.31. The lowest BCUT2D eigenvalue weighted by atomic mass is 9.87. The number of aryl methyl sites for hydroxylation is 1. The summed E-state index contributed by atoms with van der Waals surface area (Å²) in [5.74, 6) is -0.292. The Balaban J connectivity index is 1.94. The number of hydrogen-bond donors (Lipinski definition) is 2. The molecule has 3 aromatic rings. The Kier molecular flexibility index (Phi) is 4.00. The lowest BCUT2D eigenvalue weighted by Gasteiger charge is -2.25. The van der Waals surface area contributed by atoms with Crippen molar-refractivity contribution in [1.29, 1.82) is 5.26 Å². The average molecular weight is 337 g/mol. The molecule has 0 spiro atoms. The van der Waals surface area contributed by atoms with Crippen LogP contribution in [-0.2, 0) is 7.05 Å². The van der Waals surface area contributed by atoms with E-state index in [9.17, 15) is 10.1 Å². The van der Waals surface area contributed by atoms with Crippen molar-refractivity contribution in [3.8, 4) is 17.3 Å². The largest absolute Gasteiger partial charge is 0.348 e. The van der Waals surface area contributed by atoms with Crippen molar-refractivity contribution in [2.24, 2.45) is 12.5 Å². The first kappa shape index (κ1) is 16.6. The topological polar surface area (TPSA) is 112 Å². The predicted molar refractivity (Wildman–Crippen MR) is 92.4 cm³/mol. The number of carbonyl (C=O) groups excluding carboxylic acids is 1. The fourth-order valence-electron chi connectivity index (χ4n) is 2.31. The van der Waals surface area contributed by atoms with E-state index in [0.29, 0.717) is 22.4 Å². The van der Waals surface area contributed by atoms with Crippen LogP contribution < -0.4 is 5.32 Å². The normalized spacial score (nSPS) is 12.8. The van der Waals surface area contributed by atoms with Gasteiger partial charge in [-0.3, -0.25) is 9.48 Å². The third kappa shape index (κ3) is 3.08. The zero-order chi connectivity index (χ0) is 18.2. The quantitative estimate of drug-likeness (QED) is 0.756. The number of fused-ring (bicyclic) bond motifs is 1. The first-order chi connectivity index (χ1) is 11.8. The van der Waals surface area contributed by atoms with Crippen LogP contribution in [0.5, 0.6) is 0 Å². The zero-order valence-corrected chi connectivity index (χ0v) is 14.5. The number of nitrogens with zero attached hydrogens (tertiary/aromatic N) is 5. The van der Waals surface area contributed by atoms with E-state index in [1.54, 1.807) is 37.1 Å². The van der Waals surface area contributed by atoms with Crippen molar-refractivity contribution in [3.05, 3.63) is 30.4 Å². The summed E-state index contributed by atoms with van der Waals surface area (Å²) in [5, 5.41) is 16.2. The van der Waals surface area contributed by atoms with Gasteiger partial charge in [-0.25, -0.2) is 9.97 Å². The summed E-state index contributed by atoms with van der Waals surface area (Å²) < 4.78 is 1.68. The number of H-pyrrole nitrogens is 1. The Hall–Kier alpha value is -3.21. The van der Waals surface area contributed by atoms with Gasteiger partial charge in [-0.15, -0.1) is 0 Å². The van der Waals surface area contributed by atoms with E-state index >= 15 is 0 Å². The third-order valence-corrected chi connectivity index (χ3v) is 4.34. The van der Waals surface area contributed by atoms with Crippen LogP contribution in [0.4, 0.5) is 0 Å². The summed E-state index contributed by atoms with van der Waals surface area (Å²) in [6.07, 6.45) is 6.75. The van der Waals surface area contributed by atoms with Crippen molar-refractivity contribution in [3.63, 3.8) is 0 Å². The monoisotopic (exact) mass is 337 g/mol. The molecule has 1 amide bonds. The summed E-state index contributed by atoms with van der Waals surface area (Å²) >= 11 is 0. The number of rotatable bonds is 4. The van der Waals surface area contributed by atoms with Crippen LogP contribution in [0.15, 0.2) is 24.8 Å². The first-order valence-electron chi connectivity index (χ1n) is 7.87. The molecule has 0 fully saturated rings. The van der Waals surface area contributed by atoms with E-state index in [-0.39, 0.29) is 11.9 Å². The number of aromatic nitrogens is 5. The molecule has 0 saturated heterocycles. The maximum Gasteiger partial charge on any atom is 0.255 e. The smallest absolute Gasteiger partial charge is 0.255 e. The van der Waals surface area contributed by atoms with Crippen LogP contribution in [0, 0.1) is 16.7 Å². The minimum atomic E-state index is -0.672. The molecule has 0 aromatic carbocycles. The molecule has 3 rings (SSSR count). The van der Waals surface area contributed by atoms with E-state index in [4.69, 9.17) is 0 Å². The summed E-state index contributed by atoms with van der Waals surface area (Å²) in [4.78, 5) is 24.5. The number of amides is 1. The molecule has 25 heavy (non-hydrogen) atoms. The van der Waals surface area contributed by atoms with Gasteiger partial charge in [0.25, 0.3) is 5.91 Å². The molecule has 8 nitrogen and oxygen atoms in total. The molecule has 0 saturated carbocycles. The molecule has 0 radical (unpaired) electrons. The van der Waals surface area contributed by atoms with Crippen molar-refractivity contribution in [2.45, 2.75) is 26.8 Å². The summed E-state index contributed by atoms with van der Waals surface area (Å²) in [7, 11) is 1.82. The van der Waals surface area contributed by atoms with Crippen LogP contribution in [0.1, 0.15) is 31.1 Å². The Morgan fingerprint density at radius 3 is 2.84 bits per heavy atom. The van der Waals surface area contributed by atoms with Crippen molar-refractivity contribution in [1.82, 2.24) is 30.0 Å². The summed E-state index contributed by atoms with van der Waals surface area (Å²) in [5.41, 5.74) is 2.21. The zero-order valence-electron chi connectivity index (χ0n) is 14.5. The van der Waals surface area contributed by atoms with Crippen molar-refractivity contribution < 1.29 is 4.79 Å². The molecule has 0 bridgehead atoms. The standard InChI is InChI=1S/C17H19N7O/c1-10(17(2,3)9-18)22-16(25)12-6-19-15-14(12)23-13(7-20-15)11-5-21-24(4)8-11/h5-8,10H,1-4H3,(H,19,20)(H,22,25)/t10-/m0/s1. The third-order valence-electron chi connectivity index (χ3n) is 4.34. The molecule has 3 aromatic heterocycles. The minimum absolute atomic E-state index is 0.292. The highest BCUT2D eigenvalue weighted by molar-refractivity contribution is 6.04. The van der Waals surface area contributed by atoms with E-state index < -0.39 is 5.41 Å². The average Bonchev–Trinajstić information content (AvgIpc) is 3.20. The highest BCUT2D eigenvalue weighted by atomic mass is 16.1. The van der Waals surface area contributed by atoms with Crippen LogP contribution in [0.25, 0.3) is 22.4 Å². The van der Waals surface area contributed by atoms with Gasteiger partial charge in [-0.1, -0.05) is 0 Å². The summed E-state index contributed by atoms with van der Waals surface area (Å²) in [6.45, 7) is 5.38. The van der Waals surface area contributed by atoms with Crippen LogP contribution in [0.2, 0.25) is 0 Å². The number of nitriles is 1. The molecule has 128 valence electrons. The minimum Gasteiger partial charge on any atom is -0.348 e. The second-order valence-electron chi connectivity index (χ2n) is 6.59. The van der Waals surface area contributed by atoms with Gasteiger partial charge in [0, 0.05) is 31.0 Å². The predicted octanol–water partition coefficient (Wildman–Crippen LogP) is 2.03. The van der Waals surface area contributed by atoms with Crippen LogP contribution in [-0.4, -0.2) is 36.7 Å². The maximum atomic E-state index is 12.6. The molecule has 8 heteroatoms. The van der Waals surface area contributed by atoms with Crippen molar-refractivity contribution in [2.75, 3.05) is 0 Å². The molecule has 0 aliphatic carbocycles. The number of aromatic amines is 1. The Bertz CT molecular complexity index is 976. The lowest BCUT2D eigenvalue weighted by Crippen LogP contribution is -2.42. The summed E-state index contributed by atoms with van der Waals surface area (Å²) in [6, 6.07) is 1.89. The molecule has 1 atom stereocenters. The lowest BCUT2D eigenvalue weighted by molar-refractivity contribution is 0.0921. The van der Waals surface area contributed by atoms with Crippen molar-refractivity contribution >= 4 is 17.1 Å². The highest BCUT2D eigenvalue weighted by Crippen LogP contribution is 2.22.